The second-order valence-electron chi connectivity index (χ2n) is 6.05. The third-order valence-electron chi connectivity index (χ3n) is 4.43. The van der Waals surface area contributed by atoms with Crippen LogP contribution in [0, 0.1) is 17.3 Å². The van der Waals surface area contributed by atoms with Crippen molar-refractivity contribution in [2.24, 2.45) is 17.3 Å². The Morgan fingerprint density at radius 1 is 1.44 bits per heavy atom. The molecule has 0 aliphatic heterocycles. The van der Waals surface area contributed by atoms with Gasteiger partial charge in [0.15, 0.2) is 0 Å². The summed E-state index contributed by atoms with van der Waals surface area (Å²) in [4.78, 5) is 0. The first-order valence-corrected chi connectivity index (χ1v) is 6.81. The quantitative estimate of drug-likeness (QED) is 0.759. The molecular formula is C14H28O2. The van der Waals surface area contributed by atoms with E-state index >= 15 is 0 Å². The maximum Gasteiger partial charge on any atom is 0.0577 e. The van der Waals surface area contributed by atoms with Crippen molar-refractivity contribution in [3.05, 3.63) is 0 Å². The van der Waals surface area contributed by atoms with Gasteiger partial charge in [-0.05, 0) is 42.9 Å². The van der Waals surface area contributed by atoms with Crippen LogP contribution in [0.2, 0.25) is 0 Å². The number of aliphatic hydroxyl groups is 2. The molecule has 0 bridgehead atoms. The zero-order chi connectivity index (χ0) is 12.2. The number of unbranched alkanes of at least 4 members (excludes halogenated alkanes) is 1. The summed E-state index contributed by atoms with van der Waals surface area (Å²) in [7, 11) is 0. The molecule has 4 atom stereocenters. The van der Waals surface area contributed by atoms with Gasteiger partial charge in [-0.25, -0.2) is 0 Å². The minimum Gasteiger partial charge on any atom is -0.396 e. The smallest absolute Gasteiger partial charge is 0.0577 e. The molecule has 2 N–H and O–H groups in total. The SMILES string of the molecule is CCCCC1(C)CCC([C@@H](C)CO)[C@H](O)C1. The van der Waals surface area contributed by atoms with Gasteiger partial charge in [-0.3, -0.25) is 0 Å². The molecule has 16 heavy (non-hydrogen) atoms. The van der Waals surface area contributed by atoms with Gasteiger partial charge in [0.2, 0.25) is 0 Å². The fraction of sp³-hybridized carbons (Fsp3) is 1.00. The lowest BCUT2D eigenvalue weighted by Crippen LogP contribution is -2.39. The number of rotatable bonds is 5. The average Bonchev–Trinajstić information content (AvgIpc) is 2.25. The predicted molar refractivity (Wildman–Crippen MR) is 67.2 cm³/mol. The molecule has 1 saturated carbocycles. The van der Waals surface area contributed by atoms with Crippen molar-refractivity contribution in [1.29, 1.82) is 0 Å². The second-order valence-corrected chi connectivity index (χ2v) is 6.05. The van der Waals surface area contributed by atoms with E-state index in [1.54, 1.807) is 0 Å². The van der Waals surface area contributed by atoms with Crippen LogP contribution in [0.15, 0.2) is 0 Å². The number of aliphatic hydroxyl groups excluding tert-OH is 2. The normalized spacial score (nSPS) is 37.3. The summed E-state index contributed by atoms with van der Waals surface area (Å²) < 4.78 is 0. The van der Waals surface area contributed by atoms with Gasteiger partial charge in [-0.1, -0.05) is 33.6 Å². The molecule has 0 aromatic heterocycles. The fourth-order valence-corrected chi connectivity index (χ4v) is 3.10. The van der Waals surface area contributed by atoms with E-state index in [1.165, 1.54) is 25.7 Å². The van der Waals surface area contributed by atoms with Crippen LogP contribution in [-0.4, -0.2) is 22.9 Å². The summed E-state index contributed by atoms with van der Waals surface area (Å²) in [6.45, 7) is 6.78. The average molecular weight is 228 g/mol. The minimum absolute atomic E-state index is 0.202. The van der Waals surface area contributed by atoms with Gasteiger partial charge in [0, 0.05) is 6.61 Å². The van der Waals surface area contributed by atoms with Crippen molar-refractivity contribution < 1.29 is 10.2 Å². The Balaban J connectivity index is 2.50. The predicted octanol–water partition coefficient (Wildman–Crippen LogP) is 2.97. The number of hydrogen-bond donors (Lipinski definition) is 2. The van der Waals surface area contributed by atoms with Crippen LogP contribution in [0.1, 0.15) is 59.3 Å². The van der Waals surface area contributed by atoms with Crippen LogP contribution in [0.25, 0.3) is 0 Å². The van der Waals surface area contributed by atoms with Crippen molar-refractivity contribution in [2.75, 3.05) is 6.61 Å². The van der Waals surface area contributed by atoms with Crippen molar-refractivity contribution in [1.82, 2.24) is 0 Å². The summed E-state index contributed by atoms with van der Waals surface area (Å²) in [5.74, 6) is 0.547. The van der Waals surface area contributed by atoms with Crippen molar-refractivity contribution >= 4 is 0 Å². The molecule has 0 heterocycles. The van der Waals surface area contributed by atoms with E-state index in [0.29, 0.717) is 11.3 Å². The van der Waals surface area contributed by atoms with E-state index in [9.17, 15) is 5.11 Å². The monoisotopic (exact) mass is 228 g/mol. The fourth-order valence-electron chi connectivity index (χ4n) is 3.10. The van der Waals surface area contributed by atoms with E-state index in [2.05, 4.69) is 13.8 Å². The summed E-state index contributed by atoms with van der Waals surface area (Å²) in [5.41, 5.74) is 0.334. The highest BCUT2D eigenvalue weighted by Crippen LogP contribution is 2.44. The topological polar surface area (TPSA) is 40.5 Å². The van der Waals surface area contributed by atoms with Gasteiger partial charge in [-0.15, -0.1) is 0 Å². The summed E-state index contributed by atoms with van der Waals surface area (Å²) in [6, 6.07) is 0. The Morgan fingerprint density at radius 3 is 2.62 bits per heavy atom. The third kappa shape index (κ3) is 3.46. The van der Waals surface area contributed by atoms with Crippen molar-refractivity contribution in [3.8, 4) is 0 Å². The van der Waals surface area contributed by atoms with Crippen LogP contribution in [0.4, 0.5) is 0 Å². The van der Waals surface area contributed by atoms with Crippen LogP contribution in [0.5, 0.6) is 0 Å². The largest absolute Gasteiger partial charge is 0.396 e. The lowest BCUT2D eigenvalue weighted by molar-refractivity contribution is -0.0266. The molecule has 0 aromatic carbocycles. The first-order valence-electron chi connectivity index (χ1n) is 6.81. The Kier molecular flexibility index (Phi) is 5.26. The van der Waals surface area contributed by atoms with Crippen LogP contribution >= 0.6 is 0 Å². The van der Waals surface area contributed by atoms with Crippen molar-refractivity contribution in [3.63, 3.8) is 0 Å². The molecule has 2 nitrogen and oxygen atoms in total. The van der Waals surface area contributed by atoms with Gasteiger partial charge in [-0.2, -0.15) is 0 Å². The standard InChI is InChI=1S/C14H28O2/c1-4-5-7-14(3)8-6-12(11(2)10-15)13(16)9-14/h11-13,15-16H,4-10H2,1-3H3/t11-,12?,13+,14?/m0/s1. The molecule has 96 valence electrons. The second kappa shape index (κ2) is 6.02. The van der Waals surface area contributed by atoms with Crippen molar-refractivity contribution in [2.45, 2.75) is 65.4 Å². The molecule has 1 rings (SSSR count). The highest BCUT2D eigenvalue weighted by Gasteiger charge is 2.38. The Bertz CT molecular complexity index is 205. The molecule has 0 radical (unpaired) electrons. The molecule has 0 saturated heterocycles. The van der Waals surface area contributed by atoms with Gasteiger partial charge in [0.05, 0.1) is 6.10 Å². The Hall–Kier alpha value is -0.0800. The molecule has 2 heteroatoms. The van der Waals surface area contributed by atoms with Gasteiger partial charge >= 0.3 is 0 Å². The minimum atomic E-state index is -0.210. The molecule has 1 aliphatic carbocycles. The van der Waals surface area contributed by atoms with Gasteiger partial charge < -0.3 is 10.2 Å². The van der Waals surface area contributed by atoms with Gasteiger partial charge in [0.25, 0.3) is 0 Å². The van der Waals surface area contributed by atoms with E-state index in [-0.39, 0.29) is 18.6 Å². The molecular weight excluding hydrogens is 200 g/mol. The van der Waals surface area contributed by atoms with Crippen LogP contribution in [0.3, 0.4) is 0 Å². The van der Waals surface area contributed by atoms with Crippen LogP contribution < -0.4 is 0 Å². The Morgan fingerprint density at radius 2 is 2.12 bits per heavy atom. The maximum absolute atomic E-state index is 10.2. The van der Waals surface area contributed by atoms with E-state index in [4.69, 9.17) is 5.11 Å². The first kappa shape index (κ1) is 14.0. The molecule has 2 unspecified atom stereocenters. The summed E-state index contributed by atoms with van der Waals surface area (Å²) in [5, 5.41) is 19.4. The summed E-state index contributed by atoms with van der Waals surface area (Å²) in [6.07, 6.45) is 6.73. The van der Waals surface area contributed by atoms with E-state index in [0.717, 1.165) is 12.8 Å². The lowest BCUT2D eigenvalue weighted by atomic mass is 9.65. The third-order valence-corrected chi connectivity index (χ3v) is 4.43. The van der Waals surface area contributed by atoms with E-state index in [1.807, 2.05) is 6.92 Å². The summed E-state index contributed by atoms with van der Waals surface area (Å²) >= 11 is 0. The van der Waals surface area contributed by atoms with Gasteiger partial charge in [0.1, 0.15) is 0 Å². The number of hydrogen-bond acceptors (Lipinski definition) is 2. The van der Waals surface area contributed by atoms with E-state index < -0.39 is 0 Å². The highest BCUT2D eigenvalue weighted by molar-refractivity contribution is 4.89. The zero-order valence-corrected chi connectivity index (χ0v) is 11.1. The molecule has 1 fully saturated rings. The first-order chi connectivity index (χ1) is 7.52. The molecule has 0 spiro atoms. The zero-order valence-electron chi connectivity index (χ0n) is 11.1. The lowest BCUT2D eigenvalue weighted by Gasteiger charge is -2.42. The Labute approximate surface area is 100 Å². The maximum atomic E-state index is 10.2. The molecule has 1 aliphatic rings. The molecule has 0 amide bonds. The van der Waals surface area contributed by atoms with Crippen LogP contribution in [-0.2, 0) is 0 Å². The highest BCUT2D eigenvalue weighted by atomic mass is 16.3. The molecule has 0 aromatic rings.